The fourth-order valence-electron chi connectivity index (χ4n) is 1.74. The second-order valence-corrected chi connectivity index (χ2v) is 4.58. The van der Waals surface area contributed by atoms with Gasteiger partial charge in [-0.15, -0.1) is 0 Å². The number of rotatable bonds is 5. The molecule has 2 N–H and O–H groups in total. The van der Waals surface area contributed by atoms with Crippen LogP contribution in [0.1, 0.15) is 32.4 Å². The third-order valence-electron chi connectivity index (χ3n) is 2.80. The highest BCUT2D eigenvalue weighted by Gasteiger charge is 2.17. The number of methoxy groups -OCH3 is 1. The number of carbonyl (C=O) groups is 2. The van der Waals surface area contributed by atoms with Gasteiger partial charge in [-0.2, -0.15) is 0 Å². The first kappa shape index (κ1) is 15.9. The summed E-state index contributed by atoms with van der Waals surface area (Å²) in [7, 11) is 1.45. The van der Waals surface area contributed by atoms with Gasteiger partial charge in [0.2, 0.25) is 11.8 Å². The minimum absolute atomic E-state index is 0.285. The third-order valence-corrected chi connectivity index (χ3v) is 2.80. The highest BCUT2D eigenvalue weighted by Crippen LogP contribution is 2.21. The van der Waals surface area contributed by atoms with Gasteiger partial charge in [-0.05, 0) is 31.5 Å². The average Bonchev–Trinajstić information content (AvgIpc) is 2.36. The second-order valence-electron chi connectivity index (χ2n) is 4.58. The van der Waals surface area contributed by atoms with E-state index in [-0.39, 0.29) is 11.8 Å². The van der Waals surface area contributed by atoms with Crippen molar-refractivity contribution in [1.29, 1.82) is 0 Å². The minimum atomic E-state index is -0.648. The third kappa shape index (κ3) is 4.53. The lowest BCUT2D eigenvalue weighted by Gasteiger charge is -2.19. The summed E-state index contributed by atoms with van der Waals surface area (Å²) < 4.78 is 18.4. The maximum absolute atomic E-state index is 13.4. The van der Waals surface area contributed by atoms with Crippen LogP contribution in [-0.4, -0.2) is 25.0 Å². The van der Waals surface area contributed by atoms with Gasteiger partial charge in [0, 0.05) is 13.0 Å². The Balaban J connectivity index is 2.75. The van der Waals surface area contributed by atoms with Crippen LogP contribution in [0.2, 0.25) is 0 Å². The molecule has 0 spiro atoms. The molecule has 0 aliphatic carbocycles. The van der Waals surface area contributed by atoms with E-state index in [9.17, 15) is 14.0 Å². The van der Waals surface area contributed by atoms with Gasteiger partial charge in [-0.25, -0.2) is 4.39 Å². The Kier molecular flexibility index (Phi) is 5.49. The quantitative estimate of drug-likeness (QED) is 0.860. The van der Waals surface area contributed by atoms with Crippen molar-refractivity contribution in [2.24, 2.45) is 0 Å². The lowest BCUT2D eigenvalue weighted by Crippen LogP contribution is -2.44. The van der Waals surface area contributed by atoms with Crippen LogP contribution in [0.4, 0.5) is 4.39 Å². The van der Waals surface area contributed by atoms with Crippen molar-refractivity contribution in [2.75, 3.05) is 7.11 Å². The molecule has 110 valence electrons. The number of benzene rings is 1. The zero-order valence-electron chi connectivity index (χ0n) is 12.0. The van der Waals surface area contributed by atoms with Crippen molar-refractivity contribution >= 4 is 11.8 Å². The molecular formula is C14H19FN2O3. The summed E-state index contributed by atoms with van der Waals surface area (Å²) >= 11 is 0. The van der Waals surface area contributed by atoms with Gasteiger partial charge in [0.05, 0.1) is 13.2 Å². The molecule has 2 amide bonds. The van der Waals surface area contributed by atoms with Crippen LogP contribution in [0.5, 0.6) is 5.75 Å². The molecule has 0 aromatic heterocycles. The Hall–Kier alpha value is -2.11. The summed E-state index contributed by atoms with van der Waals surface area (Å²) in [5.74, 6) is -0.671. The smallest absolute Gasteiger partial charge is 0.242 e. The fraction of sp³-hybridized carbons (Fsp3) is 0.429. The van der Waals surface area contributed by atoms with Crippen molar-refractivity contribution in [3.63, 3.8) is 0 Å². The number of ether oxygens (including phenoxy) is 1. The van der Waals surface area contributed by atoms with E-state index in [4.69, 9.17) is 4.74 Å². The molecule has 20 heavy (non-hydrogen) atoms. The molecule has 0 aliphatic heterocycles. The van der Waals surface area contributed by atoms with Crippen molar-refractivity contribution < 1.29 is 18.7 Å². The van der Waals surface area contributed by atoms with Gasteiger partial charge in [0.15, 0.2) is 0 Å². The molecule has 0 saturated heterocycles. The van der Waals surface area contributed by atoms with E-state index in [1.807, 2.05) is 0 Å². The molecular weight excluding hydrogens is 263 g/mol. The standard InChI is InChI=1S/C14H19FN2O3/c1-8(17-14(19)9(2)16-10(3)18)11-5-12(15)7-13(6-11)20-4/h5-9H,1-4H3,(H,16,18)(H,17,19)/t8-,9-/m1/s1. The van der Waals surface area contributed by atoms with Gasteiger partial charge in [-0.1, -0.05) is 0 Å². The molecule has 0 fully saturated rings. The molecule has 0 bridgehead atoms. The predicted octanol–water partition coefficient (Wildman–Crippen LogP) is 1.54. The number of carbonyl (C=O) groups excluding carboxylic acids is 2. The molecule has 1 aromatic rings. The first-order chi connectivity index (χ1) is 9.33. The lowest BCUT2D eigenvalue weighted by atomic mass is 10.1. The van der Waals surface area contributed by atoms with Crippen LogP contribution in [0.15, 0.2) is 18.2 Å². The van der Waals surface area contributed by atoms with E-state index in [1.54, 1.807) is 19.9 Å². The largest absolute Gasteiger partial charge is 0.497 e. The molecule has 1 aromatic carbocycles. The molecule has 0 radical (unpaired) electrons. The topological polar surface area (TPSA) is 67.4 Å². The molecule has 2 atom stereocenters. The van der Waals surface area contributed by atoms with Crippen LogP contribution < -0.4 is 15.4 Å². The Morgan fingerprint density at radius 2 is 1.85 bits per heavy atom. The Labute approximate surface area is 117 Å². The molecule has 6 heteroatoms. The molecule has 0 aliphatic rings. The van der Waals surface area contributed by atoms with Crippen LogP contribution in [0.3, 0.4) is 0 Å². The summed E-state index contributed by atoms with van der Waals surface area (Å²) in [6.45, 7) is 4.65. The normalized spacial score (nSPS) is 13.2. The van der Waals surface area contributed by atoms with Crippen molar-refractivity contribution in [3.05, 3.63) is 29.6 Å². The Morgan fingerprint density at radius 1 is 1.20 bits per heavy atom. The summed E-state index contributed by atoms with van der Waals surface area (Å²) in [6, 6.07) is 3.19. The zero-order chi connectivity index (χ0) is 15.3. The molecule has 1 rings (SSSR count). The SMILES string of the molecule is COc1cc(F)cc([C@@H](C)NC(=O)[C@@H](C)NC(C)=O)c1. The van der Waals surface area contributed by atoms with Gasteiger partial charge in [0.25, 0.3) is 0 Å². The van der Waals surface area contributed by atoms with Gasteiger partial charge >= 0.3 is 0 Å². The van der Waals surface area contributed by atoms with E-state index in [0.717, 1.165) is 0 Å². The summed E-state index contributed by atoms with van der Waals surface area (Å²) in [6.07, 6.45) is 0. The Morgan fingerprint density at radius 3 is 2.40 bits per heavy atom. The highest BCUT2D eigenvalue weighted by atomic mass is 19.1. The molecule has 0 unspecified atom stereocenters. The maximum Gasteiger partial charge on any atom is 0.242 e. The van der Waals surface area contributed by atoms with Crippen LogP contribution in [0, 0.1) is 5.82 Å². The van der Waals surface area contributed by atoms with Gasteiger partial charge in [-0.3, -0.25) is 9.59 Å². The van der Waals surface area contributed by atoms with Gasteiger partial charge < -0.3 is 15.4 Å². The van der Waals surface area contributed by atoms with Crippen molar-refractivity contribution in [1.82, 2.24) is 10.6 Å². The van der Waals surface area contributed by atoms with Crippen LogP contribution in [0.25, 0.3) is 0 Å². The van der Waals surface area contributed by atoms with Crippen molar-refractivity contribution in [2.45, 2.75) is 32.9 Å². The number of hydrogen-bond acceptors (Lipinski definition) is 3. The highest BCUT2D eigenvalue weighted by molar-refractivity contribution is 5.86. The maximum atomic E-state index is 13.4. The van der Waals surface area contributed by atoms with Crippen LogP contribution in [-0.2, 0) is 9.59 Å². The van der Waals surface area contributed by atoms with E-state index in [1.165, 1.54) is 26.2 Å². The molecule has 5 nitrogen and oxygen atoms in total. The Bertz CT molecular complexity index is 505. The summed E-state index contributed by atoms with van der Waals surface area (Å²) in [4.78, 5) is 22.7. The lowest BCUT2D eigenvalue weighted by molar-refractivity contribution is -0.128. The number of hydrogen-bond donors (Lipinski definition) is 2. The van der Waals surface area contributed by atoms with Crippen LogP contribution >= 0.6 is 0 Å². The molecule has 0 heterocycles. The van der Waals surface area contributed by atoms with E-state index >= 15 is 0 Å². The summed E-state index contributed by atoms with van der Waals surface area (Å²) in [5.41, 5.74) is 0.588. The van der Waals surface area contributed by atoms with Crippen molar-refractivity contribution in [3.8, 4) is 5.75 Å². The minimum Gasteiger partial charge on any atom is -0.497 e. The van der Waals surface area contributed by atoms with Gasteiger partial charge in [0.1, 0.15) is 17.6 Å². The molecule has 0 saturated carbocycles. The van der Waals surface area contributed by atoms with E-state index in [2.05, 4.69) is 10.6 Å². The first-order valence-corrected chi connectivity index (χ1v) is 6.25. The number of amides is 2. The number of nitrogens with one attached hydrogen (secondary N) is 2. The predicted molar refractivity (Wildman–Crippen MR) is 72.8 cm³/mol. The van der Waals surface area contributed by atoms with E-state index < -0.39 is 17.9 Å². The summed E-state index contributed by atoms with van der Waals surface area (Å²) in [5, 5.41) is 5.19. The zero-order valence-corrected chi connectivity index (χ0v) is 12.0. The van der Waals surface area contributed by atoms with E-state index in [0.29, 0.717) is 11.3 Å². The second kappa shape index (κ2) is 6.88. The average molecular weight is 282 g/mol. The number of halogens is 1. The fourth-order valence-corrected chi connectivity index (χ4v) is 1.74. The first-order valence-electron chi connectivity index (χ1n) is 6.25. The monoisotopic (exact) mass is 282 g/mol.